The number of amides is 1. The minimum atomic E-state index is -0.843. The van der Waals surface area contributed by atoms with Crippen LogP contribution in [0.15, 0.2) is 66.9 Å². The van der Waals surface area contributed by atoms with Crippen LogP contribution in [0.1, 0.15) is 23.6 Å². The summed E-state index contributed by atoms with van der Waals surface area (Å²) in [7, 11) is 3.24. The number of likely N-dealkylation sites (N-methyl/N-ethyl adjacent to an activating group) is 1. The number of carbonyl (C=O) groups excluding carboxylic acids is 2. The lowest BCUT2D eigenvalue weighted by Gasteiger charge is -2.16. The predicted molar refractivity (Wildman–Crippen MR) is 121 cm³/mol. The van der Waals surface area contributed by atoms with Crippen molar-refractivity contribution in [1.82, 2.24) is 14.7 Å². The number of carbonyl (C=O) groups is 2. The van der Waals surface area contributed by atoms with Gasteiger partial charge >= 0.3 is 5.97 Å². The van der Waals surface area contributed by atoms with Crippen LogP contribution in [0.25, 0.3) is 17.3 Å². The number of nitrogens with zero attached hydrogens (tertiary/aromatic N) is 3. The van der Waals surface area contributed by atoms with Gasteiger partial charge in [-0.2, -0.15) is 5.10 Å². The van der Waals surface area contributed by atoms with E-state index in [2.05, 4.69) is 31.2 Å². The molecule has 0 radical (unpaired) electrons. The molecule has 3 aromatic rings. The summed E-state index contributed by atoms with van der Waals surface area (Å²) < 4.78 is 7.07. The van der Waals surface area contributed by atoms with E-state index in [1.54, 1.807) is 27.1 Å². The van der Waals surface area contributed by atoms with Crippen molar-refractivity contribution >= 4 is 18.0 Å². The lowest BCUT2D eigenvalue weighted by molar-refractivity contribution is -0.153. The molecule has 1 heterocycles. The van der Waals surface area contributed by atoms with Gasteiger partial charge in [-0.1, -0.05) is 60.2 Å². The first-order valence-corrected chi connectivity index (χ1v) is 10.1. The first kappa shape index (κ1) is 22.0. The molecule has 3 rings (SSSR count). The zero-order valence-corrected chi connectivity index (χ0v) is 18.3. The van der Waals surface area contributed by atoms with E-state index in [1.165, 1.54) is 16.5 Å². The molecular formula is C25H27N3O3. The fraction of sp³-hybridized carbons (Fsp3) is 0.240. The fourth-order valence-electron chi connectivity index (χ4n) is 3.13. The Morgan fingerprint density at radius 2 is 1.77 bits per heavy atom. The van der Waals surface area contributed by atoms with Crippen LogP contribution in [-0.4, -0.2) is 46.8 Å². The number of esters is 1. The number of hydrogen-bond donors (Lipinski definition) is 0. The summed E-state index contributed by atoms with van der Waals surface area (Å²) in [5, 5.41) is 4.74. The third kappa shape index (κ3) is 5.92. The Morgan fingerprint density at radius 3 is 2.42 bits per heavy atom. The molecule has 0 unspecified atom stereocenters. The lowest BCUT2D eigenvalue weighted by atomic mass is 10.1. The van der Waals surface area contributed by atoms with Gasteiger partial charge in [0, 0.05) is 37.5 Å². The average Bonchev–Trinajstić information content (AvgIpc) is 3.16. The molecule has 1 atom stereocenters. The third-order valence-corrected chi connectivity index (χ3v) is 4.78. The van der Waals surface area contributed by atoms with Gasteiger partial charge in [0.15, 0.2) is 6.10 Å². The molecule has 0 aliphatic heterocycles. The van der Waals surface area contributed by atoms with Gasteiger partial charge in [0.2, 0.25) is 0 Å². The molecule has 2 aromatic carbocycles. The molecule has 0 saturated heterocycles. The van der Waals surface area contributed by atoms with E-state index < -0.39 is 12.1 Å². The van der Waals surface area contributed by atoms with Crippen molar-refractivity contribution in [2.75, 3.05) is 14.1 Å². The Kier molecular flexibility index (Phi) is 7.03. The maximum atomic E-state index is 12.2. The second kappa shape index (κ2) is 9.89. The van der Waals surface area contributed by atoms with Gasteiger partial charge in [-0.15, -0.1) is 0 Å². The highest BCUT2D eigenvalue weighted by atomic mass is 16.5. The van der Waals surface area contributed by atoms with Gasteiger partial charge in [0.05, 0.1) is 12.2 Å². The van der Waals surface area contributed by atoms with Crippen molar-refractivity contribution < 1.29 is 14.3 Å². The molecule has 0 spiro atoms. The maximum Gasteiger partial charge on any atom is 0.331 e. The molecule has 0 aliphatic rings. The van der Waals surface area contributed by atoms with Gasteiger partial charge in [0.25, 0.3) is 5.91 Å². The van der Waals surface area contributed by atoms with Crippen molar-refractivity contribution in [3.05, 3.63) is 83.6 Å². The largest absolute Gasteiger partial charge is 0.449 e. The molecule has 1 amide bonds. The molecular weight excluding hydrogens is 390 g/mol. The number of aromatic nitrogens is 2. The van der Waals surface area contributed by atoms with Gasteiger partial charge in [0.1, 0.15) is 0 Å². The van der Waals surface area contributed by atoms with E-state index in [0.29, 0.717) is 6.54 Å². The molecule has 6 nitrogen and oxygen atoms in total. The first-order valence-electron chi connectivity index (χ1n) is 10.1. The molecule has 1 aromatic heterocycles. The molecule has 6 heteroatoms. The Bertz CT molecular complexity index is 1070. The van der Waals surface area contributed by atoms with E-state index in [1.807, 2.05) is 41.2 Å². The summed E-state index contributed by atoms with van der Waals surface area (Å²) in [5.74, 6) is -0.842. The fourth-order valence-corrected chi connectivity index (χ4v) is 3.13. The molecule has 0 aliphatic carbocycles. The van der Waals surface area contributed by atoms with Gasteiger partial charge < -0.3 is 9.64 Å². The monoisotopic (exact) mass is 417 g/mol. The van der Waals surface area contributed by atoms with Crippen molar-refractivity contribution in [2.24, 2.45) is 0 Å². The quantitative estimate of drug-likeness (QED) is 0.431. The van der Waals surface area contributed by atoms with Crippen LogP contribution in [0.3, 0.4) is 0 Å². The highest BCUT2D eigenvalue weighted by Gasteiger charge is 2.18. The summed E-state index contributed by atoms with van der Waals surface area (Å²) >= 11 is 0. The molecule has 160 valence electrons. The average molecular weight is 418 g/mol. The Morgan fingerprint density at radius 1 is 1.10 bits per heavy atom. The molecule has 0 N–H and O–H groups in total. The molecule has 31 heavy (non-hydrogen) atoms. The number of aryl methyl sites for hydroxylation is 1. The van der Waals surface area contributed by atoms with Crippen molar-refractivity contribution in [3.63, 3.8) is 0 Å². The minimum Gasteiger partial charge on any atom is -0.449 e. The summed E-state index contributed by atoms with van der Waals surface area (Å²) in [6.45, 7) is 4.23. The molecule has 0 fully saturated rings. The zero-order valence-electron chi connectivity index (χ0n) is 18.3. The summed E-state index contributed by atoms with van der Waals surface area (Å²) in [6.07, 6.45) is 4.07. The Balaban J connectivity index is 1.83. The van der Waals surface area contributed by atoms with Crippen LogP contribution in [0.4, 0.5) is 0 Å². The van der Waals surface area contributed by atoms with Crippen LogP contribution in [0.2, 0.25) is 0 Å². The molecule has 0 bridgehead atoms. The van der Waals surface area contributed by atoms with Crippen LogP contribution in [0.5, 0.6) is 0 Å². The van der Waals surface area contributed by atoms with E-state index in [0.717, 1.165) is 22.4 Å². The summed E-state index contributed by atoms with van der Waals surface area (Å²) in [6, 6.07) is 18.1. The Hall–Kier alpha value is -3.67. The number of rotatable bonds is 7. The second-order valence-electron chi connectivity index (χ2n) is 7.63. The van der Waals surface area contributed by atoms with Gasteiger partial charge in [-0.05, 0) is 25.5 Å². The van der Waals surface area contributed by atoms with E-state index in [4.69, 9.17) is 9.84 Å². The van der Waals surface area contributed by atoms with Crippen molar-refractivity contribution in [3.8, 4) is 11.3 Å². The lowest BCUT2D eigenvalue weighted by Crippen LogP contribution is -2.34. The predicted octanol–water partition coefficient (Wildman–Crippen LogP) is 3.94. The van der Waals surface area contributed by atoms with Crippen molar-refractivity contribution in [1.29, 1.82) is 0 Å². The minimum absolute atomic E-state index is 0.266. The van der Waals surface area contributed by atoms with Crippen LogP contribution >= 0.6 is 0 Å². The zero-order chi connectivity index (χ0) is 22.4. The summed E-state index contributed by atoms with van der Waals surface area (Å²) in [4.78, 5) is 25.5. The third-order valence-electron chi connectivity index (χ3n) is 4.78. The highest BCUT2D eigenvalue weighted by Crippen LogP contribution is 2.23. The van der Waals surface area contributed by atoms with Crippen molar-refractivity contribution in [2.45, 2.75) is 26.5 Å². The van der Waals surface area contributed by atoms with Gasteiger partial charge in [-0.25, -0.2) is 4.79 Å². The highest BCUT2D eigenvalue weighted by molar-refractivity contribution is 5.91. The SMILES string of the molecule is Cc1ccc(Cn2cc(/C=C/C(=O)O[C@H](C)C(=O)N(C)C)c(-c3ccccc3)n2)cc1. The van der Waals surface area contributed by atoms with E-state index in [-0.39, 0.29) is 5.91 Å². The second-order valence-corrected chi connectivity index (χ2v) is 7.63. The van der Waals surface area contributed by atoms with E-state index >= 15 is 0 Å². The normalized spacial score (nSPS) is 12.0. The van der Waals surface area contributed by atoms with Crippen LogP contribution in [-0.2, 0) is 20.9 Å². The molecule has 0 saturated carbocycles. The van der Waals surface area contributed by atoms with Crippen LogP contribution < -0.4 is 0 Å². The maximum absolute atomic E-state index is 12.2. The Labute approximate surface area is 182 Å². The number of benzene rings is 2. The topological polar surface area (TPSA) is 64.4 Å². The standard InChI is InChI=1S/C25H27N3O3/c1-18-10-12-20(13-11-18)16-28-17-22(24(26-28)21-8-6-5-7-9-21)14-15-23(29)31-19(2)25(30)27(3)4/h5-15,17,19H,16H2,1-4H3/b15-14+/t19-/m1/s1. The number of hydrogen-bond acceptors (Lipinski definition) is 4. The van der Waals surface area contributed by atoms with Crippen LogP contribution in [0, 0.1) is 6.92 Å². The summed E-state index contributed by atoms with van der Waals surface area (Å²) in [5.41, 5.74) is 4.86. The van der Waals surface area contributed by atoms with E-state index in [9.17, 15) is 9.59 Å². The van der Waals surface area contributed by atoms with Gasteiger partial charge in [-0.3, -0.25) is 9.48 Å². The first-order chi connectivity index (χ1) is 14.8. The smallest absolute Gasteiger partial charge is 0.331 e. The number of ether oxygens (including phenoxy) is 1.